The average molecular weight is 456 g/mol. The van der Waals surface area contributed by atoms with E-state index in [1.165, 1.54) is 0 Å². The molecule has 1 aromatic heterocycles. The zero-order valence-corrected chi connectivity index (χ0v) is 19.3. The molecule has 170 valence electrons. The lowest BCUT2D eigenvalue weighted by atomic mass is 9.84. The molecule has 1 aromatic carbocycles. The quantitative estimate of drug-likeness (QED) is 0.578. The molecule has 2 aliphatic rings. The monoisotopic (exact) mass is 455 g/mol. The van der Waals surface area contributed by atoms with Crippen molar-refractivity contribution in [2.75, 3.05) is 33.9 Å². The minimum Gasteiger partial charge on any atom is -0.496 e. The Morgan fingerprint density at radius 3 is 2.66 bits per heavy atom. The molecular formula is C24H29N3O4S. The summed E-state index contributed by atoms with van der Waals surface area (Å²) in [5.74, 6) is 0.585. The van der Waals surface area contributed by atoms with Gasteiger partial charge >= 0.3 is 0 Å². The Balaban J connectivity index is 1.60. The normalized spacial score (nSPS) is 18.2. The van der Waals surface area contributed by atoms with Crippen LogP contribution in [0.25, 0.3) is 0 Å². The van der Waals surface area contributed by atoms with E-state index in [1.54, 1.807) is 35.5 Å². The van der Waals surface area contributed by atoms with Crippen LogP contribution >= 0.6 is 11.3 Å². The van der Waals surface area contributed by atoms with Crippen LogP contribution in [0, 0.1) is 5.92 Å². The van der Waals surface area contributed by atoms with E-state index in [0.717, 1.165) is 41.2 Å². The molecule has 2 heterocycles. The largest absolute Gasteiger partial charge is 0.496 e. The van der Waals surface area contributed by atoms with E-state index >= 15 is 0 Å². The third-order valence-corrected chi connectivity index (χ3v) is 7.05. The van der Waals surface area contributed by atoms with Crippen LogP contribution in [0.4, 0.5) is 0 Å². The second-order valence-electron chi connectivity index (χ2n) is 8.10. The summed E-state index contributed by atoms with van der Waals surface area (Å²) in [5, 5.41) is 8.27. The maximum Gasteiger partial charge on any atom is 0.262 e. The highest BCUT2D eigenvalue weighted by Gasteiger charge is 2.37. The zero-order valence-electron chi connectivity index (χ0n) is 18.5. The van der Waals surface area contributed by atoms with Gasteiger partial charge in [0, 0.05) is 31.6 Å². The number of rotatable bonds is 9. The van der Waals surface area contributed by atoms with E-state index in [-0.39, 0.29) is 30.3 Å². The second-order valence-corrected chi connectivity index (χ2v) is 9.05. The Labute approximate surface area is 192 Å². The predicted octanol–water partition coefficient (Wildman–Crippen LogP) is 3.71. The number of nitrogens with zero attached hydrogens (tertiary/aromatic N) is 3. The SMILES string of the molecule is COCCN(CC(=O)N1N=C(c2cccs2)CC1c1ccccc1OC)C(=O)C1CCC1. The molecule has 1 aliphatic heterocycles. The van der Waals surface area contributed by atoms with E-state index < -0.39 is 0 Å². The maximum absolute atomic E-state index is 13.5. The van der Waals surface area contributed by atoms with Gasteiger partial charge in [0.1, 0.15) is 12.3 Å². The molecule has 0 bridgehead atoms. The van der Waals surface area contributed by atoms with Gasteiger partial charge in [0.05, 0.1) is 30.3 Å². The molecule has 0 N–H and O–H groups in total. The van der Waals surface area contributed by atoms with Crippen LogP contribution in [0.2, 0.25) is 0 Å². The number of para-hydroxylation sites is 1. The van der Waals surface area contributed by atoms with Crippen LogP contribution in [0.5, 0.6) is 5.75 Å². The smallest absolute Gasteiger partial charge is 0.262 e. The molecule has 1 saturated carbocycles. The van der Waals surface area contributed by atoms with Crippen molar-refractivity contribution in [1.29, 1.82) is 0 Å². The minimum absolute atomic E-state index is 0.00837. The fraction of sp³-hybridized carbons (Fsp3) is 0.458. The summed E-state index contributed by atoms with van der Waals surface area (Å²) in [6.45, 7) is 0.781. The van der Waals surface area contributed by atoms with Crippen LogP contribution in [0.15, 0.2) is 46.9 Å². The molecule has 1 fully saturated rings. The van der Waals surface area contributed by atoms with Gasteiger partial charge in [-0.05, 0) is 30.4 Å². The lowest BCUT2D eigenvalue weighted by Gasteiger charge is -2.32. The summed E-state index contributed by atoms with van der Waals surface area (Å²) in [4.78, 5) is 29.1. The lowest BCUT2D eigenvalue weighted by Crippen LogP contribution is -2.46. The van der Waals surface area contributed by atoms with Crippen molar-refractivity contribution in [3.8, 4) is 5.75 Å². The highest BCUT2D eigenvalue weighted by atomic mass is 32.1. The molecule has 0 radical (unpaired) electrons. The number of carbonyl (C=O) groups is 2. The molecule has 1 aliphatic carbocycles. The number of methoxy groups -OCH3 is 2. The van der Waals surface area contributed by atoms with Gasteiger partial charge in [0.15, 0.2) is 0 Å². The van der Waals surface area contributed by atoms with Gasteiger partial charge < -0.3 is 14.4 Å². The van der Waals surface area contributed by atoms with Crippen molar-refractivity contribution in [2.45, 2.75) is 31.7 Å². The van der Waals surface area contributed by atoms with Gasteiger partial charge in [0.2, 0.25) is 5.91 Å². The second kappa shape index (κ2) is 10.3. The summed E-state index contributed by atoms with van der Waals surface area (Å²) in [7, 11) is 3.23. The summed E-state index contributed by atoms with van der Waals surface area (Å²) in [5.41, 5.74) is 1.78. The Bertz CT molecular complexity index is 971. The highest BCUT2D eigenvalue weighted by Crippen LogP contribution is 2.38. The van der Waals surface area contributed by atoms with Crippen molar-refractivity contribution >= 4 is 28.9 Å². The Morgan fingerprint density at radius 1 is 1.19 bits per heavy atom. The third kappa shape index (κ3) is 4.71. The molecule has 0 saturated heterocycles. The molecule has 1 unspecified atom stereocenters. The van der Waals surface area contributed by atoms with Crippen LogP contribution in [-0.4, -0.2) is 61.4 Å². The number of carbonyl (C=O) groups excluding carboxylic acids is 2. The van der Waals surface area contributed by atoms with Crippen molar-refractivity contribution in [2.24, 2.45) is 11.0 Å². The molecule has 2 aromatic rings. The van der Waals surface area contributed by atoms with Gasteiger partial charge in [-0.1, -0.05) is 30.7 Å². The van der Waals surface area contributed by atoms with Crippen molar-refractivity contribution in [3.63, 3.8) is 0 Å². The average Bonchev–Trinajstić information content (AvgIpc) is 3.45. The number of benzene rings is 1. The number of hydrogen-bond donors (Lipinski definition) is 0. The van der Waals surface area contributed by atoms with Crippen molar-refractivity contribution < 1.29 is 19.1 Å². The van der Waals surface area contributed by atoms with Gasteiger partial charge in [0.25, 0.3) is 5.91 Å². The fourth-order valence-electron chi connectivity index (χ4n) is 4.13. The molecular weight excluding hydrogens is 426 g/mol. The van der Waals surface area contributed by atoms with Gasteiger partial charge in [-0.25, -0.2) is 5.01 Å². The van der Waals surface area contributed by atoms with Crippen molar-refractivity contribution in [3.05, 3.63) is 52.2 Å². The first-order chi connectivity index (χ1) is 15.6. The Kier molecular flexibility index (Phi) is 7.22. The Morgan fingerprint density at radius 2 is 2.00 bits per heavy atom. The zero-order chi connectivity index (χ0) is 22.5. The number of hydrogen-bond acceptors (Lipinski definition) is 6. The maximum atomic E-state index is 13.5. The number of amides is 2. The van der Waals surface area contributed by atoms with Gasteiger partial charge in [-0.15, -0.1) is 11.3 Å². The van der Waals surface area contributed by atoms with E-state index in [9.17, 15) is 9.59 Å². The minimum atomic E-state index is -0.279. The molecule has 4 rings (SSSR count). The van der Waals surface area contributed by atoms with E-state index in [1.807, 2.05) is 41.8 Å². The highest BCUT2D eigenvalue weighted by molar-refractivity contribution is 7.12. The van der Waals surface area contributed by atoms with E-state index in [4.69, 9.17) is 14.6 Å². The van der Waals surface area contributed by atoms with E-state index in [0.29, 0.717) is 19.6 Å². The topological polar surface area (TPSA) is 71.4 Å². The molecule has 1 atom stereocenters. The van der Waals surface area contributed by atoms with Crippen LogP contribution in [0.1, 0.15) is 42.2 Å². The van der Waals surface area contributed by atoms with Gasteiger partial charge in [-0.2, -0.15) is 5.10 Å². The third-order valence-electron chi connectivity index (χ3n) is 6.13. The summed E-state index contributed by atoms with van der Waals surface area (Å²) in [6.07, 6.45) is 3.45. The molecule has 32 heavy (non-hydrogen) atoms. The first-order valence-corrected chi connectivity index (χ1v) is 11.8. The molecule has 2 amide bonds. The fourth-order valence-corrected chi connectivity index (χ4v) is 4.85. The Hall–Kier alpha value is -2.71. The van der Waals surface area contributed by atoms with Crippen LogP contribution in [-0.2, 0) is 14.3 Å². The predicted molar refractivity (Wildman–Crippen MR) is 124 cm³/mol. The van der Waals surface area contributed by atoms with Crippen LogP contribution < -0.4 is 4.74 Å². The van der Waals surface area contributed by atoms with Crippen LogP contribution in [0.3, 0.4) is 0 Å². The van der Waals surface area contributed by atoms with E-state index in [2.05, 4.69) is 0 Å². The summed E-state index contributed by atoms with van der Waals surface area (Å²) >= 11 is 1.60. The lowest BCUT2D eigenvalue weighted by molar-refractivity contribution is -0.146. The number of ether oxygens (including phenoxy) is 2. The number of thiophene rings is 1. The standard InChI is InChI=1S/C24H29N3O4S/c1-30-13-12-26(24(29)17-7-5-8-17)16-23(28)27-20(18-9-3-4-10-21(18)31-2)15-19(25-27)22-11-6-14-32-22/h3-4,6,9-11,14,17,20H,5,7-8,12-13,15-16H2,1-2H3. The van der Waals surface area contributed by atoms with Crippen molar-refractivity contribution in [1.82, 2.24) is 9.91 Å². The summed E-state index contributed by atoms with van der Waals surface area (Å²) in [6, 6.07) is 11.4. The number of hydrazone groups is 1. The first kappa shape index (κ1) is 22.5. The van der Waals surface area contributed by atoms with Gasteiger partial charge in [-0.3, -0.25) is 9.59 Å². The molecule has 8 heteroatoms. The first-order valence-electron chi connectivity index (χ1n) is 11.0. The molecule has 0 spiro atoms. The summed E-state index contributed by atoms with van der Waals surface area (Å²) < 4.78 is 10.8. The molecule has 7 nitrogen and oxygen atoms in total.